The highest BCUT2D eigenvalue weighted by molar-refractivity contribution is 7.14. The van der Waals surface area contributed by atoms with Gasteiger partial charge in [-0.25, -0.2) is 0 Å². The van der Waals surface area contributed by atoms with Crippen LogP contribution in [0.15, 0.2) is 24.7 Å². The topological polar surface area (TPSA) is 55.3 Å². The van der Waals surface area contributed by atoms with E-state index in [-0.39, 0.29) is 5.97 Å². The van der Waals surface area contributed by atoms with Crippen molar-refractivity contribution in [2.75, 3.05) is 6.54 Å². The Bertz CT molecular complexity index is 612. The number of thiophene rings is 1. The molecule has 0 spiro atoms. The summed E-state index contributed by atoms with van der Waals surface area (Å²) in [6.45, 7) is 4.08. The Morgan fingerprint density at radius 2 is 2.40 bits per heavy atom. The molecule has 3 heterocycles. The fourth-order valence-electron chi connectivity index (χ4n) is 2.33. The third-order valence-electron chi connectivity index (χ3n) is 3.17. The number of ether oxygens (including phenoxy) is 1. The zero-order valence-electron chi connectivity index (χ0n) is 11.2. The summed E-state index contributed by atoms with van der Waals surface area (Å²) in [7, 11) is 0. The molecule has 2 aromatic rings. The normalized spacial score (nSPS) is 14.8. The Balaban J connectivity index is 1.69. The Labute approximate surface area is 121 Å². The molecule has 3 rings (SSSR count). The molecule has 20 heavy (non-hydrogen) atoms. The minimum absolute atomic E-state index is 0.264. The molecule has 0 saturated heterocycles. The second kappa shape index (κ2) is 5.68. The number of carbonyl (C=O) groups excluding carboxylic acids is 1. The first-order valence-corrected chi connectivity index (χ1v) is 7.29. The number of nitrogens with zero attached hydrogens (tertiary/aromatic N) is 3. The highest BCUT2D eigenvalue weighted by Crippen LogP contribution is 2.33. The Hall–Kier alpha value is -1.79. The van der Waals surface area contributed by atoms with Gasteiger partial charge in [-0.1, -0.05) is 0 Å². The molecule has 1 aliphatic rings. The maximum atomic E-state index is 11.0. The molecule has 104 valence electrons. The minimum Gasteiger partial charge on any atom is -0.416 e. The minimum atomic E-state index is -0.264. The molecule has 0 saturated carbocycles. The quantitative estimate of drug-likeness (QED) is 0.809. The number of fused-ring (bicyclic) bond motifs is 1. The lowest BCUT2D eigenvalue weighted by atomic mass is 10.1. The van der Waals surface area contributed by atoms with Gasteiger partial charge in [0, 0.05) is 50.0 Å². The van der Waals surface area contributed by atoms with Crippen LogP contribution >= 0.6 is 11.3 Å². The van der Waals surface area contributed by atoms with Crippen LogP contribution in [0.25, 0.3) is 0 Å². The van der Waals surface area contributed by atoms with E-state index < -0.39 is 0 Å². The van der Waals surface area contributed by atoms with Gasteiger partial charge in [-0.05, 0) is 18.1 Å². The Morgan fingerprint density at radius 1 is 1.50 bits per heavy atom. The van der Waals surface area contributed by atoms with Gasteiger partial charge in [0.1, 0.15) is 0 Å². The van der Waals surface area contributed by atoms with Gasteiger partial charge in [0.05, 0.1) is 5.69 Å². The number of hydrogen-bond acceptors (Lipinski definition) is 6. The summed E-state index contributed by atoms with van der Waals surface area (Å²) in [5.41, 5.74) is 2.23. The average molecular weight is 289 g/mol. The molecule has 0 bridgehead atoms. The van der Waals surface area contributed by atoms with Gasteiger partial charge in [0.25, 0.3) is 0 Å². The van der Waals surface area contributed by atoms with Crippen molar-refractivity contribution in [3.63, 3.8) is 0 Å². The lowest BCUT2D eigenvalue weighted by Gasteiger charge is -2.25. The average Bonchev–Trinajstić information content (AvgIpc) is 2.80. The molecular formula is C14H15N3O2S. The van der Waals surface area contributed by atoms with Gasteiger partial charge >= 0.3 is 5.97 Å². The lowest BCUT2D eigenvalue weighted by Crippen LogP contribution is -2.29. The van der Waals surface area contributed by atoms with E-state index in [0.29, 0.717) is 5.06 Å². The van der Waals surface area contributed by atoms with E-state index in [1.54, 1.807) is 29.9 Å². The SMILES string of the molecule is CC(=O)Oc1cc2c(s1)CCN(Cc1cnccn1)C2. The van der Waals surface area contributed by atoms with Crippen molar-refractivity contribution >= 4 is 17.3 Å². The van der Waals surface area contributed by atoms with E-state index in [1.807, 2.05) is 6.07 Å². The summed E-state index contributed by atoms with van der Waals surface area (Å²) in [5.74, 6) is -0.264. The molecule has 0 aromatic carbocycles. The number of hydrogen-bond donors (Lipinski definition) is 0. The highest BCUT2D eigenvalue weighted by atomic mass is 32.1. The third kappa shape index (κ3) is 3.02. The van der Waals surface area contributed by atoms with Crippen LogP contribution in [0.4, 0.5) is 0 Å². The summed E-state index contributed by atoms with van der Waals surface area (Å²) in [4.78, 5) is 23.0. The first kappa shape index (κ1) is 13.2. The molecule has 0 aliphatic carbocycles. The predicted molar refractivity (Wildman–Crippen MR) is 75.5 cm³/mol. The zero-order chi connectivity index (χ0) is 13.9. The standard InChI is InChI=1S/C14H15N3O2S/c1-10(18)19-14-6-11-8-17(5-2-13(11)20-14)9-12-7-15-3-4-16-12/h3-4,6-7H,2,5,8-9H2,1H3. The molecule has 0 radical (unpaired) electrons. The molecule has 0 N–H and O–H groups in total. The van der Waals surface area contributed by atoms with Gasteiger partial charge in [-0.3, -0.25) is 19.7 Å². The number of carbonyl (C=O) groups is 1. The molecule has 0 atom stereocenters. The van der Waals surface area contributed by atoms with Gasteiger partial charge in [-0.2, -0.15) is 0 Å². The fourth-order valence-corrected chi connectivity index (χ4v) is 3.38. The van der Waals surface area contributed by atoms with Crippen molar-refractivity contribution in [2.24, 2.45) is 0 Å². The van der Waals surface area contributed by atoms with E-state index >= 15 is 0 Å². The van der Waals surface area contributed by atoms with Gasteiger partial charge < -0.3 is 4.74 Å². The third-order valence-corrected chi connectivity index (χ3v) is 4.28. The van der Waals surface area contributed by atoms with E-state index in [2.05, 4.69) is 14.9 Å². The number of aromatic nitrogens is 2. The molecular weight excluding hydrogens is 274 g/mol. The van der Waals surface area contributed by atoms with Crippen LogP contribution in [-0.2, 0) is 24.3 Å². The van der Waals surface area contributed by atoms with Crippen LogP contribution in [0.5, 0.6) is 5.06 Å². The molecule has 6 heteroatoms. The molecule has 0 unspecified atom stereocenters. The fraction of sp³-hybridized carbons (Fsp3) is 0.357. The second-order valence-corrected chi connectivity index (χ2v) is 5.86. The van der Waals surface area contributed by atoms with E-state index in [4.69, 9.17) is 4.74 Å². The number of rotatable bonds is 3. The molecule has 2 aromatic heterocycles. The number of esters is 1. The van der Waals surface area contributed by atoms with Crippen LogP contribution in [-0.4, -0.2) is 27.4 Å². The lowest BCUT2D eigenvalue weighted by molar-refractivity contribution is -0.131. The van der Waals surface area contributed by atoms with Gasteiger partial charge in [-0.15, -0.1) is 11.3 Å². The maximum absolute atomic E-state index is 11.0. The monoisotopic (exact) mass is 289 g/mol. The Kier molecular flexibility index (Phi) is 3.75. The van der Waals surface area contributed by atoms with Crippen LogP contribution < -0.4 is 4.74 Å². The second-order valence-electron chi connectivity index (χ2n) is 4.76. The first-order chi connectivity index (χ1) is 9.70. The summed E-state index contributed by atoms with van der Waals surface area (Å²) in [5, 5.41) is 0.698. The van der Waals surface area contributed by atoms with Crippen LogP contribution in [0.3, 0.4) is 0 Å². The van der Waals surface area contributed by atoms with Crippen molar-refractivity contribution in [1.29, 1.82) is 0 Å². The summed E-state index contributed by atoms with van der Waals surface area (Å²) >= 11 is 1.57. The molecule has 5 nitrogen and oxygen atoms in total. The highest BCUT2D eigenvalue weighted by Gasteiger charge is 2.20. The summed E-state index contributed by atoms with van der Waals surface area (Å²) in [6.07, 6.45) is 6.19. The Morgan fingerprint density at radius 3 is 3.15 bits per heavy atom. The van der Waals surface area contributed by atoms with E-state index in [0.717, 1.165) is 31.7 Å². The maximum Gasteiger partial charge on any atom is 0.308 e. The van der Waals surface area contributed by atoms with Gasteiger partial charge in [0.15, 0.2) is 5.06 Å². The zero-order valence-corrected chi connectivity index (χ0v) is 12.0. The van der Waals surface area contributed by atoms with Crippen LogP contribution in [0.1, 0.15) is 23.1 Å². The van der Waals surface area contributed by atoms with Crippen molar-refractivity contribution in [2.45, 2.75) is 26.4 Å². The van der Waals surface area contributed by atoms with Gasteiger partial charge in [0.2, 0.25) is 0 Å². The van der Waals surface area contributed by atoms with Crippen LogP contribution in [0, 0.1) is 0 Å². The van der Waals surface area contributed by atoms with E-state index in [1.165, 1.54) is 17.4 Å². The smallest absolute Gasteiger partial charge is 0.308 e. The summed E-state index contributed by atoms with van der Waals surface area (Å²) in [6, 6.07) is 1.98. The van der Waals surface area contributed by atoms with Crippen molar-refractivity contribution in [3.05, 3.63) is 40.8 Å². The molecule has 0 amide bonds. The van der Waals surface area contributed by atoms with Crippen molar-refractivity contribution in [3.8, 4) is 5.06 Å². The molecule has 0 fully saturated rings. The largest absolute Gasteiger partial charge is 0.416 e. The van der Waals surface area contributed by atoms with Crippen LogP contribution in [0.2, 0.25) is 0 Å². The summed E-state index contributed by atoms with van der Waals surface area (Å²) < 4.78 is 5.16. The van der Waals surface area contributed by atoms with E-state index in [9.17, 15) is 4.79 Å². The predicted octanol–water partition coefficient (Wildman–Crippen LogP) is 2.02. The first-order valence-electron chi connectivity index (χ1n) is 6.48. The van der Waals surface area contributed by atoms with Crippen molar-refractivity contribution < 1.29 is 9.53 Å². The van der Waals surface area contributed by atoms with Crippen molar-refractivity contribution in [1.82, 2.24) is 14.9 Å². The molecule has 1 aliphatic heterocycles.